The van der Waals surface area contributed by atoms with Crippen LogP contribution in [0.3, 0.4) is 0 Å². The fourth-order valence-corrected chi connectivity index (χ4v) is 2.34. The van der Waals surface area contributed by atoms with Gasteiger partial charge in [0.05, 0.1) is 0 Å². The van der Waals surface area contributed by atoms with Crippen molar-refractivity contribution in [1.29, 1.82) is 0 Å². The molecule has 0 aliphatic heterocycles. The largest absolute Gasteiger partial charge is 0.337 e. The molecule has 0 fully saturated rings. The molecule has 0 spiro atoms. The van der Waals surface area contributed by atoms with E-state index in [-0.39, 0.29) is 6.03 Å². The van der Waals surface area contributed by atoms with Gasteiger partial charge in [0.15, 0.2) is 0 Å². The molecule has 0 bridgehead atoms. The van der Waals surface area contributed by atoms with Crippen molar-refractivity contribution >= 4 is 11.7 Å². The van der Waals surface area contributed by atoms with Gasteiger partial charge in [0.25, 0.3) is 0 Å². The lowest BCUT2D eigenvalue weighted by Crippen LogP contribution is -2.32. The molecule has 2 aromatic rings. The van der Waals surface area contributed by atoms with E-state index in [1.807, 2.05) is 49.4 Å². The topological polar surface area (TPSA) is 41.1 Å². The second-order valence-electron chi connectivity index (χ2n) is 5.22. The van der Waals surface area contributed by atoms with E-state index in [9.17, 15) is 4.79 Å². The maximum absolute atomic E-state index is 12.0. The highest BCUT2D eigenvalue weighted by atomic mass is 16.2. The second-order valence-corrected chi connectivity index (χ2v) is 5.22. The molecule has 2 N–H and O–H groups in total. The molecule has 2 rings (SSSR count). The maximum Gasteiger partial charge on any atom is 0.319 e. The molecule has 1 atom stereocenters. The Kier molecular flexibility index (Phi) is 5.38. The van der Waals surface area contributed by atoms with Crippen molar-refractivity contribution in [2.45, 2.75) is 26.2 Å². The zero-order chi connectivity index (χ0) is 15.1. The highest BCUT2D eigenvalue weighted by Gasteiger charge is 2.10. The second kappa shape index (κ2) is 7.48. The molecule has 0 radical (unpaired) electrons. The van der Waals surface area contributed by atoms with Crippen molar-refractivity contribution in [3.63, 3.8) is 0 Å². The monoisotopic (exact) mass is 282 g/mol. The SMILES string of the molecule is CC[C@@H](CNC(=O)Nc1cccc(C)c1)c1ccccc1. The normalized spacial score (nSPS) is 11.7. The molecule has 0 aliphatic rings. The Morgan fingerprint density at radius 3 is 2.52 bits per heavy atom. The first-order chi connectivity index (χ1) is 10.2. The third kappa shape index (κ3) is 4.63. The summed E-state index contributed by atoms with van der Waals surface area (Å²) < 4.78 is 0. The predicted molar refractivity (Wildman–Crippen MR) is 87.7 cm³/mol. The van der Waals surface area contributed by atoms with Gasteiger partial charge in [-0.25, -0.2) is 4.79 Å². The summed E-state index contributed by atoms with van der Waals surface area (Å²) in [6.45, 7) is 4.78. The first kappa shape index (κ1) is 15.1. The number of anilines is 1. The minimum atomic E-state index is -0.157. The van der Waals surface area contributed by atoms with E-state index >= 15 is 0 Å². The fourth-order valence-electron chi connectivity index (χ4n) is 2.34. The summed E-state index contributed by atoms with van der Waals surface area (Å²) in [6, 6.07) is 17.9. The Hall–Kier alpha value is -2.29. The molecule has 3 nitrogen and oxygen atoms in total. The van der Waals surface area contributed by atoms with Crippen LogP contribution in [0, 0.1) is 6.92 Å². The number of rotatable bonds is 5. The number of nitrogens with one attached hydrogen (secondary N) is 2. The summed E-state index contributed by atoms with van der Waals surface area (Å²) in [5.41, 5.74) is 3.21. The van der Waals surface area contributed by atoms with Gasteiger partial charge in [-0.15, -0.1) is 0 Å². The highest BCUT2D eigenvalue weighted by molar-refractivity contribution is 5.89. The van der Waals surface area contributed by atoms with Crippen LogP contribution in [-0.4, -0.2) is 12.6 Å². The van der Waals surface area contributed by atoms with E-state index < -0.39 is 0 Å². The predicted octanol–water partition coefficient (Wildman–Crippen LogP) is 4.31. The van der Waals surface area contributed by atoms with Crippen LogP contribution < -0.4 is 10.6 Å². The molecule has 0 aromatic heterocycles. The third-order valence-electron chi connectivity index (χ3n) is 3.55. The smallest absolute Gasteiger partial charge is 0.319 e. The Morgan fingerprint density at radius 1 is 1.10 bits per heavy atom. The van der Waals surface area contributed by atoms with Crippen LogP contribution in [-0.2, 0) is 0 Å². The first-order valence-corrected chi connectivity index (χ1v) is 7.35. The van der Waals surface area contributed by atoms with Gasteiger partial charge >= 0.3 is 6.03 Å². The van der Waals surface area contributed by atoms with E-state index in [2.05, 4.69) is 29.7 Å². The first-order valence-electron chi connectivity index (χ1n) is 7.35. The van der Waals surface area contributed by atoms with Gasteiger partial charge in [0, 0.05) is 18.2 Å². The third-order valence-corrected chi connectivity index (χ3v) is 3.55. The van der Waals surface area contributed by atoms with Gasteiger partial charge in [0.2, 0.25) is 0 Å². The molecular formula is C18H22N2O. The van der Waals surface area contributed by atoms with Gasteiger partial charge in [-0.3, -0.25) is 0 Å². The number of amides is 2. The van der Waals surface area contributed by atoms with E-state index in [1.54, 1.807) is 0 Å². The summed E-state index contributed by atoms with van der Waals surface area (Å²) in [5.74, 6) is 0.342. The summed E-state index contributed by atoms with van der Waals surface area (Å²) in [7, 11) is 0. The number of hydrogen-bond donors (Lipinski definition) is 2. The Bertz CT molecular complexity index is 581. The molecule has 3 heteroatoms. The van der Waals surface area contributed by atoms with Gasteiger partial charge in [0.1, 0.15) is 0 Å². The summed E-state index contributed by atoms with van der Waals surface area (Å²) in [4.78, 5) is 12.0. The van der Waals surface area contributed by atoms with Gasteiger partial charge in [-0.2, -0.15) is 0 Å². The van der Waals surface area contributed by atoms with Crippen molar-refractivity contribution in [2.75, 3.05) is 11.9 Å². The lowest BCUT2D eigenvalue weighted by atomic mass is 9.97. The molecule has 110 valence electrons. The number of hydrogen-bond acceptors (Lipinski definition) is 1. The lowest BCUT2D eigenvalue weighted by molar-refractivity contribution is 0.251. The molecule has 21 heavy (non-hydrogen) atoms. The zero-order valence-corrected chi connectivity index (χ0v) is 12.6. The minimum absolute atomic E-state index is 0.157. The Labute approximate surface area is 126 Å². The average Bonchev–Trinajstić information content (AvgIpc) is 2.49. The summed E-state index contributed by atoms with van der Waals surface area (Å²) in [6.07, 6.45) is 0.995. The van der Waals surface area contributed by atoms with Gasteiger partial charge in [-0.1, -0.05) is 49.4 Å². The number of carbonyl (C=O) groups is 1. The Morgan fingerprint density at radius 2 is 1.86 bits per heavy atom. The van der Waals surface area contributed by atoms with E-state index in [0.717, 1.165) is 17.7 Å². The van der Waals surface area contributed by atoms with Crippen LogP contribution in [0.5, 0.6) is 0 Å². The van der Waals surface area contributed by atoms with E-state index in [0.29, 0.717) is 12.5 Å². The standard InChI is InChI=1S/C18H22N2O/c1-3-15(16-9-5-4-6-10-16)13-19-18(21)20-17-11-7-8-14(2)12-17/h4-12,15H,3,13H2,1-2H3,(H2,19,20,21)/t15-/m0/s1. The summed E-state index contributed by atoms with van der Waals surface area (Å²) in [5, 5.41) is 5.81. The van der Waals surface area contributed by atoms with Crippen molar-refractivity contribution in [2.24, 2.45) is 0 Å². The maximum atomic E-state index is 12.0. The number of carbonyl (C=O) groups excluding carboxylic acids is 1. The van der Waals surface area contributed by atoms with E-state index in [4.69, 9.17) is 0 Å². The van der Waals surface area contributed by atoms with Crippen molar-refractivity contribution in [3.8, 4) is 0 Å². The van der Waals surface area contributed by atoms with Gasteiger partial charge in [-0.05, 0) is 36.6 Å². The van der Waals surface area contributed by atoms with Gasteiger partial charge < -0.3 is 10.6 Å². The molecule has 0 saturated heterocycles. The number of aryl methyl sites for hydroxylation is 1. The quantitative estimate of drug-likeness (QED) is 0.843. The van der Waals surface area contributed by atoms with Crippen LogP contribution >= 0.6 is 0 Å². The lowest BCUT2D eigenvalue weighted by Gasteiger charge is -2.16. The highest BCUT2D eigenvalue weighted by Crippen LogP contribution is 2.18. The molecule has 0 aliphatic carbocycles. The molecule has 2 aromatic carbocycles. The molecular weight excluding hydrogens is 260 g/mol. The van der Waals surface area contributed by atoms with E-state index in [1.165, 1.54) is 5.56 Å². The van der Waals surface area contributed by atoms with Crippen molar-refractivity contribution in [3.05, 3.63) is 65.7 Å². The van der Waals surface area contributed by atoms with Crippen molar-refractivity contribution in [1.82, 2.24) is 5.32 Å². The Balaban J connectivity index is 1.88. The number of benzene rings is 2. The van der Waals surface area contributed by atoms with Crippen LogP contribution in [0.1, 0.15) is 30.4 Å². The molecule has 0 saturated carbocycles. The van der Waals surface area contributed by atoms with Crippen molar-refractivity contribution < 1.29 is 4.79 Å². The molecule has 0 unspecified atom stereocenters. The van der Waals surface area contributed by atoms with Crippen LogP contribution in [0.2, 0.25) is 0 Å². The molecule has 0 heterocycles. The minimum Gasteiger partial charge on any atom is -0.337 e. The average molecular weight is 282 g/mol. The fraction of sp³-hybridized carbons (Fsp3) is 0.278. The van der Waals surface area contributed by atoms with Crippen LogP contribution in [0.15, 0.2) is 54.6 Å². The van der Waals surface area contributed by atoms with Crippen LogP contribution in [0.25, 0.3) is 0 Å². The summed E-state index contributed by atoms with van der Waals surface area (Å²) >= 11 is 0. The molecule has 2 amide bonds. The van der Waals surface area contributed by atoms with Crippen LogP contribution in [0.4, 0.5) is 10.5 Å². The number of urea groups is 1. The zero-order valence-electron chi connectivity index (χ0n) is 12.6.